The van der Waals surface area contributed by atoms with Crippen LogP contribution in [0.2, 0.25) is 0 Å². The maximum Gasteiger partial charge on any atom is 0.306 e. The summed E-state index contributed by atoms with van der Waals surface area (Å²) in [5.41, 5.74) is 0. The van der Waals surface area contributed by atoms with Gasteiger partial charge in [-0.05, 0) is 38.5 Å². The summed E-state index contributed by atoms with van der Waals surface area (Å²) < 4.78 is 5.89. The minimum Gasteiger partial charge on any atom is -0.462 e. The molecule has 0 aliphatic carbocycles. The average Bonchev–Trinajstić information content (AvgIpc) is 3.24. The SMILES string of the molecule is CC/C=C/C=C/C=C\C=C/C=C/CCCC(=O)OC(CCCCCCCCCCCCCCCCCC)CC(=O)NC(CO)C(O)CCCCCCCCCCCCCC. The van der Waals surface area contributed by atoms with Crippen molar-refractivity contribution in [3.05, 3.63) is 60.8 Å². The lowest BCUT2D eigenvalue weighted by Crippen LogP contribution is -2.46. The zero-order valence-corrected chi connectivity index (χ0v) is 39.6. The summed E-state index contributed by atoms with van der Waals surface area (Å²) in [4.78, 5) is 26.1. The molecule has 1 amide bonds. The summed E-state index contributed by atoms with van der Waals surface area (Å²) in [5.74, 6) is -0.556. The third-order valence-corrected chi connectivity index (χ3v) is 11.5. The second-order valence-corrected chi connectivity index (χ2v) is 17.3. The molecule has 0 saturated carbocycles. The average molecular weight is 840 g/mol. The number of rotatable bonds is 45. The number of aliphatic hydroxyl groups is 2. The molecule has 0 bridgehead atoms. The topological polar surface area (TPSA) is 95.9 Å². The first-order valence-electron chi connectivity index (χ1n) is 25.6. The monoisotopic (exact) mass is 840 g/mol. The van der Waals surface area contributed by atoms with E-state index in [1.165, 1.54) is 141 Å². The molecule has 6 heteroatoms. The molecule has 6 nitrogen and oxygen atoms in total. The molecule has 60 heavy (non-hydrogen) atoms. The number of nitrogens with one attached hydrogen (secondary N) is 1. The fraction of sp³-hybridized carbons (Fsp3) is 0.778. The van der Waals surface area contributed by atoms with E-state index in [0.29, 0.717) is 25.7 Å². The zero-order chi connectivity index (χ0) is 43.8. The number of ether oxygens (including phenoxy) is 1. The molecule has 0 aromatic carbocycles. The van der Waals surface area contributed by atoms with Gasteiger partial charge in [0.15, 0.2) is 0 Å². The Hall–Kier alpha value is -2.44. The van der Waals surface area contributed by atoms with Crippen LogP contribution in [-0.2, 0) is 14.3 Å². The Morgan fingerprint density at radius 3 is 1.30 bits per heavy atom. The Bertz CT molecular complexity index is 1080. The van der Waals surface area contributed by atoms with Crippen molar-refractivity contribution in [2.75, 3.05) is 6.61 Å². The van der Waals surface area contributed by atoms with Gasteiger partial charge in [-0.25, -0.2) is 0 Å². The smallest absolute Gasteiger partial charge is 0.306 e. The number of hydrogen-bond donors (Lipinski definition) is 3. The van der Waals surface area contributed by atoms with Crippen molar-refractivity contribution < 1.29 is 24.5 Å². The van der Waals surface area contributed by atoms with Gasteiger partial charge in [0.05, 0.1) is 25.2 Å². The molecule has 0 radical (unpaired) electrons. The van der Waals surface area contributed by atoms with E-state index in [4.69, 9.17) is 4.74 Å². The zero-order valence-electron chi connectivity index (χ0n) is 39.6. The second-order valence-electron chi connectivity index (χ2n) is 17.3. The van der Waals surface area contributed by atoms with Gasteiger partial charge in [-0.2, -0.15) is 0 Å². The molecular formula is C54H97NO5. The van der Waals surface area contributed by atoms with E-state index in [9.17, 15) is 19.8 Å². The number of hydrogen-bond acceptors (Lipinski definition) is 5. The molecule has 0 aromatic heterocycles. The van der Waals surface area contributed by atoms with Crippen LogP contribution in [0.1, 0.15) is 245 Å². The molecule has 0 aromatic rings. The third kappa shape index (κ3) is 42.3. The van der Waals surface area contributed by atoms with Crippen LogP contribution in [0.3, 0.4) is 0 Å². The van der Waals surface area contributed by atoms with E-state index < -0.39 is 18.2 Å². The Labute approximate surface area is 371 Å². The highest BCUT2D eigenvalue weighted by Gasteiger charge is 2.24. The molecule has 0 spiro atoms. The van der Waals surface area contributed by atoms with Crippen LogP contribution in [0, 0.1) is 0 Å². The van der Waals surface area contributed by atoms with Crippen molar-refractivity contribution in [2.45, 2.75) is 264 Å². The predicted molar refractivity (Wildman–Crippen MR) is 259 cm³/mol. The number of amides is 1. The number of carbonyl (C=O) groups is 2. The van der Waals surface area contributed by atoms with Crippen LogP contribution < -0.4 is 5.32 Å². The van der Waals surface area contributed by atoms with Crippen LogP contribution in [0.15, 0.2) is 60.8 Å². The van der Waals surface area contributed by atoms with E-state index in [1.807, 2.05) is 48.6 Å². The van der Waals surface area contributed by atoms with Crippen molar-refractivity contribution in [1.29, 1.82) is 0 Å². The Balaban J connectivity index is 4.67. The number of unbranched alkanes of at least 4 members (excludes halogenated alkanes) is 27. The summed E-state index contributed by atoms with van der Waals surface area (Å²) >= 11 is 0. The predicted octanol–water partition coefficient (Wildman–Crippen LogP) is 15.2. The lowest BCUT2D eigenvalue weighted by Gasteiger charge is -2.24. The van der Waals surface area contributed by atoms with Gasteiger partial charge in [-0.3, -0.25) is 9.59 Å². The van der Waals surface area contributed by atoms with Crippen LogP contribution in [0.4, 0.5) is 0 Å². The van der Waals surface area contributed by atoms with Gasteiger partial charge in [0, 0.05) is 6.42 Å². The molecule has 0 aliphatic rings. The summed E-state index contributed by atoms with van der Waals surface area (Å²) in [6.45, 7) is 6.33. The van der Waals surface area contributed by atoms with Crippen LogP contribution in [0.25, 0.3) is 0 Å². The van der Waals surface area contributed by atoms with Crippen LogP contribution in [-0.4, -0.2) is 46.9 Å². The maximum atomic E-state index is 13.2. The highest BCUT2D eigenvalue weighted by Crippen LogP contribution is 2.18. The van der Waals surface area contributed by atoms with Crippen LogP contribution >= 0.6 is 0 Å². The lowest BCUT2D eigenvalue weighted by atomic mass is 10.0. The maximum absolute atomic E-state index is 13.2. The van der Waals surface area contributed by atoms with Gasteiger partial charge in [-0.1, -0.05) is 255 Å². The Morgan fingerprint density at radius 1 is 0.500 bits per heavy atom. The molecule has 3 unspecified atom stereocenters. The van der Waals surface area contributed by atoms with Gasteiger partial charge >= 0.3 is 5.97 Å². The normalized spacial score (nSPS) is 13.8. The first-order chi connectivity index (χ1) is 29.5. The van der Waals surface area contributed by atoms with Gasteiger partial charge in [0.1, 0.15) is 6.10 Å². The third-order valence-electron chi connectivity index (χ3n) is 11.5. The standard InChI is InChI=1S/C54H97NO5/c1-4-7-10-13-16-19-22-25-26-27-29-30-33-36-39-42-45-50(60-54(59)47-44-41-38-35-32-28-23-20-17-14-11-8-5-2)48-53(58)55-51(49-56)52(57)46-43-40-37-34-31-24-21-18-15-12-9-6-3/h8,11,14,17,20,23,28,32,35,38,50-52,56-57H,4-7,9-10,12-13,15-16,18-19,21-22,24-27,29-31,33-34,36-37,39-49H2,1-3H3,(H,55,58)/b11-8+,17-14+,23-20-,32-28-,38-35+. The van der Waals surface area contributed by atoms with E-state index in [2.05, 4.69) is 38.2 Å². The summed E-state index contributed by atoms with van der Waals surface area (Å²) in [5, 5.41) is 23.7. The van der Waals surface area contributed by atoms with Crippen molar-refractivity contribution in [2.24, 2.45) is 0 Å². The van der Waals surface area contributed by atoms with E-state index >= 15 is 0 Å². The van der Waals surface area contributed by atoms with E-state index in [-0.39, 0.29) is 24.9 Å². The van der Waals surface area contributed by atoms with Crippen molar-refractivity contribution in [1.82, 2.24) is 5.32 Å². The van der Waals surface area contributed by atoms with Crippen molar-refractivity contribution >= 4 is 11.9 Å². The quantitative estimate of drug-likeness (QED) is 0.0322. The molecule has 3 N–H and O–H groups in total. The van der Waals surface area contributed by atoms with Gasteiger partial charge < -0.3 is 20.3 Å². The minimum absolute atomic E-state index is 0.0502. The van der Waals surface area contributed by atoms with Gasteiger partial charge in [-0.15, -0.1) is 0 Å². The number of carbonyl (C=O) groups excluding carboxylic acids is 2. The molecule has 3 atom stereocenters. The van der Waals surface area contributed by atoms with Gasteiger partial charge in [0.2, 0.25) is 5.91 Å². The molecule has 0 rings (SSSR count). The largest absolute Gasteiger partial charge is 0.462 e. The number of aliphatic hydroxyl groups excluding tert-OH is 2. The van der Waals surface area contributed by atoms with Crippen molar-refractivity contribution in [3.63, 3.8) is 0 Å². The fourth-order valence-electron chi connectivity index (χ4n) is 7.64. The summed E-state index contributed by atoms with van der Waals surface area (Å²) in [6, 6.07) is -0.715. The molecule has 0 aliphatic heterocycles. The van der Waals surface area contributed by atoms with Crippen molar-refractivity contribution in [3.8, 4) is 0 Å². The molecular weight excluding hydrogens is 743 g/mol. The lowest BCUT2D eigenvalue weighted by molar-refractivity contribution is -0.151. The molecule has 348 valence electrons. The Kier molecular flexibility index (Phi) is 45.7. The molecule has 0 fully saturated rings. The number of allylic oxidation sites excluding steroid dienone is 10. The minimum atomic E-state index is -0.799. The van der Waals surface area contributed by atoms with E-state index in [1.54, 1.807) is 0 Å². The second kappa shape index (κ2) is 47.6. The highest BCUT2D eigenvalue weighted by atomic mass is 16.5. The Morgan fingerprint density at radius 2 is 0.883 bits per heavy atom. The number of esters is 1. The fourth-order valence-corrected chi connectivity index (χ4v) is 7.64. The first-order valence-corrected chi connectivity index (χ1v) is 25.6. The molecule has 0 heterocycles. The first kappa shape index (κ1) is 57.6. The van der Waals surface area contributed by atoms with E-state index in [0.717, 1.165) is 51.4 Å². The molecule has 0 saturated heterocycles. The summed E-state index contributed by atoms with van der Waals surface area (Å²) in [7, 11) is 0. The summed E-state index contributed by atoms with van der Waals surface area (Å²) in [6.07, 6.45) is 58.6. The van der Waals surface area contributed by atoms with Crippen LogP contribution in [0.5, 0.6) is 0 Å². The highest BCUT2D eigenvalue weighted by molar-refractivity contribution is 5.77. The van der Waals surface area contributed by atoms with Gasteiger partial charge in [0.25, 0.3) is 0 Å².